The number of ketones is 1. The van der Waals surface area contributed by atoms with E-state index in [0.717, 1.165) is 23.4 Å². The zero-order valence-electron chi connectivity index (χ0n) is 18.5. The van der Waals surface area contributed by atoms with Gasteiger partial charge < -0.3 is 10.1 Å². The Morgan fingerprint density at radius 2 is 1.69 bits per heavy atom. The molecule has 3 aromatic carbocycles. The Hall–Kier alpha value is -3.73. The Kier molecular flexibility index (Phi) is 5.91. The summed E-state index contributed by atoms with van der Waals surface area (Å²) in [5, 5.41) is 2.85. The average molecular weight is 427 g/mol. The number of anilines is 1. The van der Waals surface area contributed by atoms with E-state index in [0.29, 0.717) is 16.8 Å². The maximum Gasteiger partial charge on any atom is 0.255 e. The summed E-state index contributed by atoms with van der Waals surface area (Å²) >= 11 is 0. The van der Waals surface area contributed by atoms with Crippen LogP contribution in [0.25, 0.3) is 0 Å². The summed E-state index contributed by atoms with van der Waals surface area (Å²) in [5.41, 5.74) is 4.47. The van der Waals surface area contributed by atoms with Gasteiger partial charge in [0.05, 0.1) is 24.8 Å². The van der Waals surface area contributed by atoms with Crippen molar-refractivity contribution in [3.8, 4) is 5.75 Å². The van der Waals surface area contributed by atoms with Crippen molar-refractivity contribution in [3.05, 3.63) is 95.1 Å². The molecule has 0 radical (unpaired) electrons. The van der Waals surface area contributed by atoms with E-state index in [1.54, 1.807) is 43.5 Å². The van der Waals surface area contributed by atoms with Crippen LogP contribution in [0, 0.1) is 0 Å². The van der Waals surface area contributed by atoms with Gasteiger partial charge >= 0.3 is 0 Å². The van der Waals surface area contributed by atoms with Crippen LogP contribution in [0.2, 0.25) is 0 Å². The molecule has 0 unspecified atom stereocenters. The maximum atomic E-state index is 13.0. The first-order valence-electron chi connectivity index (χ1n) is 10.6. The molecule has 1 aliphatic heterocycles. The van der Waals surface area contributed by atoms with E-state index in [1.165, 1.54) is 5.56 Å². The van der Waals surface area contributed by atoms with Crippen molar-refractivity contribution < 1.29 is 14.3 Å². The number of methoxy groups -OCH3 is 1. The molecule has 5 heteroatoms. The number of ether oxygens (including phenoxy) is 1. The second kappa shape index (κ2) is 8.79. The van der Waals surface area contributed by atoms with E-state index < -0.39 is 0 Å². The lowest BCUT2D eigenvalue weighted by Gasteiger charge is -2.29. The highest BCUT2D eigenvalue weighted by atomic mass is 16.5. The summed E-state index contributed by atoms with van der Waals surface area (Å²) in [6.45, 7) is 4.16. The molecule has 0 aromatic heterocycles. The lowest BCUT2D eigenvalue weighted by molar-refractivity contribution is 0.0998. The third-order valence-corrected chi connectivity index (χ3v) is 5.52. The fourth-order valence-electron chi connectivity index (χ4n) is 3.96. The number of hydrogen-bond acceptors (Lipinski definition) is 4. The summed E-state index contributed by atoms with van der Waals surface area (Å²) < 4.78 is 5.37. The minimum atomic E-state index is -0.261. The summed E-state index contributed by atoms with van der Waals surface area (Å²) in [6.07, 6.45) is 1.03. The number of aliphatic imine (C=N–C) groups is 1. The molecule has 1 amide bonds. The second-order valence-corrected chi connectivity index (χ2v) is 8.57. The number of nitrogens with zero attached hydrogens (tertiary/aromatic N) is 1. The van der Waals surface area contributed by atoms with Crippen LogP contribution in [0.1, 0.15) is 52.1 Å². The molecule has 162 valence electrons. The number of benzene rings is 3. The van der Waals surface area contributed by atoms with E-state index >= 15 is 0 Å². The zero-order chi connectivity index (χ0) is 22.7. The molecule has 3 aromatic rings. The first kappa shape index (κ1) is 21.5. The largest absolute Gasteiger partial charge is 0.497 e. The fraction of sp³-hybridized carbons (Fsp3) is 0.222. The van der Waals surface area contributed by atoms with Gasteiger partial charge in [0, 0.05) is 22.4 Å². The molecule has 32 heavy (non-hydrogen) atoms. The zero-order valence-corrected chi connectivity index (χ0v) is 18.5. The Bertz CT molecular complexity index is 1180. The normalized spacial score (nSPS) is 14.2. The molecule has 0 spiro atoms. The van der Waals surface area contributed by atoms with Crippen molar-refractivity contribution in [1.29, 1.82) is 0 Å². The topological polar surface area (TPSA) is 67.8 Å². The third kappa shape index (κ3) is 4.78. The highest BCUT2D eigenvalue weighted by Gasteiger charge is 2.28. The maximum absolute atomic E-state index is 13.0. The molecule has 5 nitrogen and oxygen atoms in total. The standard InChI is InChI=1S/C27H26N2O3/c1-27(2)17-20-11-14-22(32-3)15-23(20)24(29-27)16-25(30)18-9-12-21(13-10-18)28-26(31)19-7-5-4-6-8-19/h4-15H,16-17H2,1-3H3,(H,28,31). The molecule has 0 saturated heterocycles. The first-order valence-corrected chi connectivity index (χ1v) is 10.6. The van der Waals surface area contributed by atoms with Crippen molar-refractivity contribution in [3.63, 3.8) is 0 Å². The highest BCUT2D eigenvalue weighted by Crippen LogP contribution is 2.31. The van der Waals surface area contributed by atoms with E-state index in [2.05, 4.69) is 25.2 Å². The van der Waals surface area contributed by atoms with Gasteiger partial charge in [-0.3, -0.25) is 14.6 Å². The number of amides is 1. The van der Waals surface area contributed by atoms with Crippen LogP contribution in [0.15, 0.2) is 77.8 Å². The molecule has 1 N–H and O–H groups in total. The summed E-state index contributed by atoms with van der Waals surface area (Å²) in [4.78, 5) is 30.2. The highest BCUT2D eigenvalue weighted by molar-refractivity contribution is 6.17. The van der Waals surface area contributed by atoms with E-state index in [1.807, 2.05) is 30.3 Å². The van der Waals surface area contributed by atoms with Gasteiger partial charge in [-0.1, -0.05) is 24.3 Å². The van der Waals surface area contributed by atoms with Crippen molar-refractivity contribution in [2.45, 2.75) is 32.2 Å². The molecule has 0 saturated carbocycles. The number of carbonyl (C=O) groups is 2. The smallest absolute Gasteiger partial charge is 0.255 e. The van der Waals surface area contributed by atoms with Gasteiger partial charge in [-0.15, -0.1) is 0 Å². The monoisotopic (exact) mass is 426 g/mol. The van der Waals surface area contributed by atoms with Crippen LogP contribution in [0.4, 0.5) is 5.69 Å². The van der Waals surface area contributed by atoms with Gasteiger partial charge in [0.15, 0.2) is 5.78 Å². The van der Waals surface area contributed by atoms with E-state index in [4.69, 9.17) is 9.73 Å². The van der Waals surface area contributed by atoms with Crippen molar-refractivity contribution in [1.82, 2.24) is 0 Å². The van der Waals surface area contributed by atoms with Crippen LogP contribution in [-0.2, 0) is 6.42 Å². The van der Waals surface area contributed by atoms with E-state index in [9.17, 15) is 9.59 Å². The van der Waals surface area contributed by atoms with Crippen LogP contribution in [-0.4, -0.2) is 30.1 Å². The van der Waals surface area contributed by atoms with Crippen molar-refractivity contribution in [2.24, 2.45) is 4.99 Å². The Morgan fingerprint density at radius 3 is 2.38 bits per heavy atom. The molecular weight excluding hydrogens is 400 g/mol. The third-order valence-electron chi connectivity index (χ3n) is 5.52. The fourth-order valence-corrected chi connectivity index (χ4v) is 3.96. The van der Waals surface area contributed by atoms with Gasteiger partial charge in [0.2, 0.25) is 0 Å². The lowest BCUT2D eigenvalue weighted by Crippen LogP contribution is -2.30. The summed E-state index contributed by atoms with van der Waals surface area (Å²) in [6, 6.07) is 21.9. The quantitative estimate of drug-likeness (QED) is 0.541. The van der Waals surface area contributed by atoms with Crippen molar-refractivity contribution >= 4 is 23.1 Å². The minimum absolute atomic E-state index is 0.0174. The number of carbonyl (C=O) groups excluding carboxylic acids is 2. The van der Waals surface area contributed by atoms with Gasteiger partial charge in [0.1, 0.15) is 5.75 Å². The number of fused-ring (bicyclic) bond motifs is 1. The summed E-state index contributed by atoms with van der Waals surface area (Å²) in [7, 11) is 1.63. The molecule has 1 aliphatic rings. The van der Waals surface area contributed by atoms with E-state index in [-0.39, 0.29) is 23.7 Å². The molecule has 4 rings (SSSR count). The summed E-state index contributed by atoms with van der Waals surface area (Å²) in [5.74, 6) is 0.548. The molecular formula is C27H26N2O3. The Labute approximate surface area is 188 Å². The predicted octanol–water partition coefficient (Wildman–Crippen LogP) is 5.34. The number of hydrogen-bond donors (Lipinski definition) is 1. The lowest BCUT2D eigenvalue weighted by atomic mass is 9.85. The first-order chi connectivity index (χ1) is 15.3. The number of Topliss-reactive ketones (excluding diaryl/α,β-unsaturated/α-hetero) is 1. The number of rotatable bonds is 6. The molecule has 0 atom stereocenters. The molecule has 0 bridgehead atoms. The van der Waals surface area contributed by atoms with Gasteiger partial charge in [0.25, 0.3) is 5.91 Å². The van der Waals surface area contributed by atoms with Crippen LogP contribution >= 0.6 is 0 Å². The number of nitrogens with one attached hydrogen (secondary N) is 1. The van der Waals surface area contributed by atoms with Crippen LogP contribution < -0.4 is 10.1 Å². The molecule has 1 heterocycles. The van der Waals surface area contributed by atoms with Crippen molar-refractivity contribution in [2.75, 3.05) is 12.4 Å². The Balaban J connectivity index is 1.50. The van der Waals surface area contributed by atoms with Gasteiger partial charge in [-0.2, -0.15) is 0 Å². The second-order valence-electron chi connectivity index (χ2n) is 8.57. The average Bonchev–Trinajstić information content (AvgIpc) is 2.79. The minimum Gasteiger partial charge on any atom is -0.497 e. The Morgan fingerprint density at radius 1 is 0.969 bits per heavy atom. The van der Waals surface area contributed by atoms with Gasteiger partial charge in [-0.25, -0.2) is 0 Å². The van der Waals surface area contributed by atoms with Crippen LogP contribution in [0.3, 0.4) is 0 Å². The van der Waals surface area contributed by atoms with Crippen LogP contribution in [0.5, 0.6) is 5.75 Å². The molecule has 0 aliphatic carbocycles. The SMILES string of the molecule is COc1ccc2c(c1)C(CC(=O)c1ccc(NC(=O)c3ccccc3)cc1)=NC(C)(C)C2. The molecule has 0 fully saturated rings. The predicted molar refractivity (Wildman–Crippen MR) is 127 cm³/mol. The van der Waals surface area contributed by atoms with Gasteiger partial charge in [-0.05, 0) is 74.4 Å².